The molecule has 0 saturated carbocycles. The molecule has 0 atom stereocenters. The largest absolute Gasteiger partial charge is 0.309 e. The first-order valence-corrected chi connectivity index (χ1v) is 20.9. The van der Waals surface area contributed by atoms with Crippen molar-refractivity contribution < 1.29 is 0 Å². The van der Waals surface area contributed by atoms with E-state index >= 15 is 0 Å². The third kappa shape index (κ3) is 6.34. The number of nitrogens with zero attached hydrogens (tertiary/aromatic N) is 4. The van der Waals surface area contributed by atoms with E-state index < -0.39 is 0 Å². The van der Waals surface area contributed by atoms with E-state index in [0.29, 0.717) is 5.82 Å². The van der Waals surface area contributed by atoms with Crippen LogP contribution >= 0.6 is 0 Å². The Bertz CT molecular complexity index is 3330. The summed E-state index contributed by atoms with van der Waals surface area (Å²) in [6.07, 6.45) is 5.64. The maximum absolute atomic E-state index is 5.46. The second-order valence-corrected chi connectivity index (χ2v) is 15.5. The fourth-order valence-corrected chi connectivity index (χ4v) is 9.01. The van der Waals surface area contributed by atoms with E-state index in [0.717, 1.165) is 83.8 Å². The van der Waals surface area contributed by atoms with Gasteiger partial charge in [-0.05, 0) is 82.9 Å². The van der Waals surface area contributed by atoms with Crippen molar-refractivity contribution >= 4 is 49.2 Å². The average Bonchev–Trinajstić information content (AvgIpc) is 3.86. The smallest absolute Gasteiger partial charge is 0.160 e. The molecule has 292 valence electrons. The molecule has 0 radical (unpaired) electrons. The number of hydrogen-bond donors (Lipinski definition) is 0. The fourth-order valence-electron chi connectivity index (χ4n) is 9.01. The van der Waals surface area contributed by atoms with E-state index in [4.69, 9.17) is 9.97 Å². The number of para-hydroxylation sites is 4. The number of rotatable bonds is 9. The second-order valence-electron chi connectivity index (χ2n) is 15.5. The van der Waals surface area contributed by atoms with Crippen LogP contribution in [0.4, 0.5) is 0 Å². The first kappa shape index (κ1) is 36.7. The Balaban J connectivity index is 1.21. The first-order valence-electron chi connectivity index (χ1n) is 20.9. The molecule has 0 N–H and O–H groups in total. The highest BCUT2D eigenvalue weighted by molar-refractivity contribution is 6.10. The first-order chi connectivity index (χ1) is 30.6. The van der Waals surface area contributed by atoms with Gasteiger partial charge in [-0.1, -0.05) is 171 Å². The van der Waals surface area contributed by atoms with Gasteiger partial charge in [-0.15, -0.1) is 0 Å². The molecule has 0 aliphatic rings. The molecule has 0 bridgehead atoms. The van der Waals surface area contributed by atoms with E-state index in [2.05, 4.69) is 216 Å². The van der Waals surface area contributed by atoms with Crippen LogP contribution in [0.25, 0.3) is 106 Å². The quantitative estimate of drug-likeness (QED) is 0.137. The van der Waals surface area contributed by atoms with Crippen molar-refractivity contribution in [2.75, 3.05) is 0 Å². The lowest BCUT2D eigenvalue weighted by Crippen LogP contribution is -2.02. The Morgan fingerprint density at radius 1 is 0.387 bits per heavy atom. The number of benzene rings is 8. The van der Waals surface area contributed by atoms with Gasteiger partial charge in [-0.2, -0.15) is 0 Å². The van der Waals surface area contributed by atoms with Crippen LogP contribution in [0.5, 0.6) is 0 Å². The zero-order valence-electron chi connectivity index (χ0n) is 34.0. The van der Waals surface area contributed by atoms with Gasteiger partial charge in [0.1, 0.15) is 0 Å². The summed E-state index contributed by atoms with van der Waals surface area (Å²) in [5, 5.41) is 4.84. The molecule has 0 fully saturated rings. The number of fused-ring (bicyclic) bond motifs is 6. The highest BCUT2D eigenvalue weighted by atomic mass is 15.0. The van der Waals surface area contributed by atoms with Crippen LogP contribution in [-0.2, 0) is 0 Å². The number of hydrogen-bond acceptors (Lipinski definition) is 2. The molecule has 11 aromatic rings. The summed E-state index contributed by atoms with van der Waals surface area (Å²) in [6.45, 7) is 8.03. The predicted octanol–water partition coefficient (Wildman–Crippen LogP) is 15.1. The summed E-state index contributed by atoms with van der Waals surface area (Å²) in [5.74, 6) is 0.645. The van der Waals surface area contributed by atoms with Gasteiger partial charge in [0.15, 0.2) is 5.82 Å². The molecule has 8 aromatic carbocycles. The van der Waals surface area contributed by atoms with Crippen molar-refractivity contribution in [1.29, 1.82) is 0 Å². The van der Waals surface area contributed by atoms with E-state index in [1.807, 2.05) is 18.2 Å². The SMILES string of the molecule is C=C/C=C(\C=C)c1cccc(-c2cc(-c3cc(-n4c5ccccc5c5ccccc54)cc(-n4c5ccccc5c5ccccc54)c3)nc(-c3cccc(-c4ccccc4)c3)n2)c1. The van der Waals surface area contributed by atoms with E-state index in [9.17, 15) is 0 Å². The lowest BCUT2D eigenvalue weighted by molar-refractivity contribution is 1.13. The molecule has 3 heterocycles. The van der Waals surface area contributed by atoms with Gasteiger partial charge in [-0.25, -0.2) is 9.97 Å². The third-order valence-corrected chi connectivity index (χ3v) is 11.8. The van der Waals surface area contributed by atoms with Crippen molar-refractivity contribution in [3.05, 3.63) is 237 Å². The van der Waals surface area contributed by atoms with Crippen molar-refractivity contribution in [1.82, 2.24) is 19.1 Å². The molecule has 62 heavy (non-hydrogen) atoms. The normalized spacial score (nSPS) is 11.8. The van der Waals surface area contributed by atoms with Crippen LogP contribution in [-0.4, -0.2) is 19.1 Å². The molecule has 11 rings (SSSR count). The third-order valence-electron chi connectivity index (χ3n) is 11.8. The van der Waals surface area contributed by atoms with Crippen LogP contribution in [0, 0.1) is 0 Å². The van der Waals surface area contributed by atoms with Gasteiger partial charge < -0.3 is 9.13 Å². The molecule has 0 aliphatic heterocycles. The van der Waals surface area contributed by atoms with Gasteiger partial charge >= 0.3 is 0 Å². The van der Waals surface area contributed by atoms with Crippen LogP contribution in [0.3, 0.4) is 0 Å². The highest BCUT2D eigenvalue weighted by Gasteiger charge is 2.19. The van der Waals surface area contributed by atoms with Crippen LogP contribution < -0.4 is 0 Å². The number of aromatic nitrogens is 4. The molecule has 0 saturated heterocycles. The minimum absolute atomic E-state index is 0.645. The summed E-state index contributed by atoms with van der Waals surface area (Å²) in [7, 11) is 0. The highest BCUT2D eigenvalue weighted by Crippen LogP contribution is 2.39. The predicted molar refractivity (Wildman–Crippen MR) is 261 cm³/mol. The van der Waals surface area contributed by atoms with Crippen LogP contribution in [0.2, 0.25) is 0 Å². The Labute approximate surface area is 360 Å². The Hall–Kier alpha value is -8.34. The molecule has 0 aliphatic carbocycles. The van der Waals surface area contributed by atoms with Gasteiger partial charge in [-0.3, -0.25) is 0 Å². The van der Waals surface area contributed by atoms with Crippen molar-refractivity contribution in [2.24, 2.45) is 0 Å². The molecule has 0 spiro atoms. The lowest BCUT2D eigenvalue weighted by atomic mass is 9.99. The molecule has 0 unspecified atom stereocenters. The second kappa shape index (κ2) is 15.4. The molecule has 3 aromatic heterocycles. The fraction of sp³-hybridized carbons (Fsp3) is 0. The van der Waals surface area contributed by atoms with Gasteiger partial charge in [0, 0.05) is 49.6 Å². The van der Waals surface area contributed by atoms with Crippen LogP contribution in [0.1, 0.15) is 5.56 Å². The summed E-state index contributed by atoms with van der Waals surface area (Å²) in [6, 6.07) is 71.2. The zero-order valence-corrected chi connectivity index (χ0v) is 34.0. The number of allylic oxidation sites excluding steroid dienone is 4. The lowest BCUT2D eigenvalue weighted by Gasteiger charge is -2.17. The molecular formula is C58H40N4. The van der Waals surface area contributed by atoms with Gasteiger partial charge in [0.25, 0.3) is 0 Å². The topological polar surface area (TPSA) is 35.6 Å². The van der Waals surface area contributed by atoms with Gasteiger partial charge in [0.05, 0.1) is 33.5 Å². The maximum atomic E-state index is 5.46. The van der Waals surface area contributed by atoms with Crippen molar-refractivity contribution in [3.8, 4) is 56.4 Å². The minimum Gasteiger partial charge on any atom is -0.309 e. The summed E-state index contributed by atoms with van der Waals surface area (Å²) < 4.78 is 4.79. The van der Waals surface area contributed by atoms with Gasteiger partial charge in [0.2, 0.25) is 0 Å². The average molecular weight is 793 g/mol. The molecular weight excluding hydrogens is 753 g/mol. The van der Waals surface area contributed by atoms with E-state index in [-0.39, 0.29) is 0 Å². The van der Waals surface area contributed by atoms with E-state index in [1.54, 1.807) is 6.08 Å². The summed E-state index contributed by atoms with van der Waals surface area (Å²) in [5.41, 5.74) is 15.4. The van der Waals surface area contributed by atoms with E-state index in [1.165, 1.54) is 21.5 Å². The standard InChI is InChI=1S/C58H40N4/c1-3-18-39(4-2)41-21-16-23-43(33-41)52-38-53(60-58(59-52)44-24-17-22-42(34-44)40-19-6-5-7-20-40)45-35-46(61-54-29-12-8-25-48(54)49-26-9-13-30-55(49)61)37-47(36-45)62-56-31-14-10-27-50(56)51-28-11-15-32-57(51)62/h3-38H,1-2H2/b39-18+. The Morgan fingerprint density at radius 2 is 0.855 bits per heavy atom. The van der Waals surface area contributed by atoms with Crippen molar-refractivity contribution in [3.63, 3.8) is 0 Å². The maximum Gasteiger partial charge on any atom is 0.160 e. The van der Waals surface area contributed by atoms with Crippen molar-refractivity contribution in [2.45, 2.75) is 0 Å². The van der Waals surface area contributed by atoms with Crippen LogP contribution in [0.15, 0.2) is 232 Å². The summed E-state index contributed by atoms with van der Waals surface area (Å²) >= 11 is 0. The summed E-state index contributed by atoms with van der Waals surface area (Å²) in [4.78, 5) is 10.8. The Kier molecular flexibility index (Phi) is 9.10. The monoisotopic (exact) mass is 792 g/mol. The minimum atomic E-state index is 0.645. The zero-order chi connectivity index (χ0) is 41.6. The molecule has 4 nitrogen and oxygen atoms in total. The molecule has 0 amide bonds. The Morgan fingerprint density at radius 3 is 1.40 bits per heavy atom. The molecule has 4 heteroatoms.